The highest BCUT2D eigenvalue weighted by atomic mass is 35.5. The van der Waals surface area contributed by atoms with Crippen LogP contribution in [0.3, 0.4) is 0 Å². The van der Waals surface area contributed by atoms with Crippen LogP contribution in [0.5, 0.6) is 0 Å². The van der Waals surface area contributed by atoms with Gasteiger partial charge in [-0.1, -0.05) is 13.3 Å². The van der Waals surface area contributed by atoms with Crippen LogP contribution in [0.15, 0.2) is 0 Å². The van der Waals surface area contributed by atoms with Crippen molar-refractivity contribution >= 4 is 36.7 Å². The Morgan fingerprint density at radius 1 is 0.690 bits per heavy atom. The SMILES string of the molecule is CC(C)OC(=O)OCOC(=O)CCCCC(C)C(=O)OCOC(=O)OC(C)C.Cl. The maximum atomic E-state index is 11.8. The molecule has 0 aromatic carbocycles. The summed E-state index contributed by atoms with van der Waals surface area (Å²) in [6.07, 6.45) is -0.783. The first-order valence-corrected chi connectivity index (χ1v) is 9.10. The molecule has 0 heterocycles. The molecule has 0 fully saturated rings. The van der Waals surface area contributed by atoms with E-state index in [1.807, 2.05) is 0 Å². The van der Waals surface area contributed by atoms with Crippen molar-refractivity contribution < 1.29 is 47.6 Å². The zero-order chi connectivity index (χ0) is 21.5. The van der Waals surface area contributed by atoms with Crippen LogP contribution in [-0.4, -0.2) is 50.0 Å². The van der Waals surface area contributed by atoms with Gasteiger partial charge in [-0.3, -0.25) is 9.59 Å². The molecule has 0 saturated carbocycles. The highest BCUT2D eigenvalue weighted by Gasteiger charge is 2.16. The minimum atomic E-state index is -0.907. The second-order valence-electron chi connectivity index (χ2n) is 6.48. The highest BCUT2D eigenvalue weighted by molar-refractivity contribution is 5.85. The molecule has 0 amide bonds. The summed E-state index contributed by atoms with van der Waals surface area (Å²) < 4.78 is 28.1. The number of hydrogen-bond acceptors (Lipinski definition) is 10. The molecular formula is C18H31ClO10. The molecule has 0 rings (SSSR count). The molecule has 1 unspecified atom stereocenters. The van der Waals surface area contributed by atoms with Gasteiger partial charge in [0.15, 0.2) is 0 Å². The summed E-state index contributed by atoms with van der Waals surface area (Å²) in [6.45, 7) is 7.31. The van der Waals surface area contributed by atoms with Crippen molar-refractivity contribution in [3.8, 4) is 0 Å². The zero-order valence-electron chi connectivity index (χ0n) is 17.5. The monoisotopic (exact) mass is 442 g/mol. The Balaban J connectivity index is 0. The molecule has 170 valence electrons. The van der Waals surface area contributed by atoms with Gasteiger partial charge in [0.05, 0.1) is 18.1 Å². The van der Waals surface area contributed by atoms with Crippen molar-refractivity contribution in [1.29, 1.82) is 0 Å². The predicted octanol–water partition coefficient (Wildman–Crippen LogP) is 3.73. The largest absolute Gasteiger partial charge is 0.511 e. The smallest absolute Gasteiger partial charge is 0.431 e. The summed E-state index contributed by atoms with van der Waals surface area (Å²) in [5.74, 6) is -1.46. The van der Waals surface area contributed by atoms with Gasteiger partial charge in [0.2, 0.25) is 13.6 Å². The first kappa shape index (κ1) is 29.0. The first-order chi connectivity index (χ1) is 13.1. The van der Waals surface area contributed by atoms with Gasteiger partial charge in [0, 0.05) is 6.42 Å². The Bertz CT molecular complexity index is 507. The van der Waals surface area contributed by atoms with Crippen LogP contribution in [0.4, 0.5) is 9.59 Å². The van der Waals surface area contributed by atoms with Crippen LogP contribution in [0.2, 0.25) is 0 Å². The van der Waals surface area contributed by atoms with E-state index in [-0.39, 0.29) is 31.0 Å². The number of esters is 2. The molecule has 0 aromatic rings. The molecule has 11 heteroatoms. The minimum Gasteiger partial charge on any atom is -0.431 e. The molecule has 0 aliphatic carbocycles. The molecule has 0 aliphatic heterocycles. The van der Waals surface area contributed by atoms with Gasteiger partial charge in [-0.15, -0.1) is 12.4 Å². The highest BCUT2D eigenvalue weighted by Crippen LogP contribution is 2.12. The number of ether oxygens (including phenoxy) is 6. The van der Waals surface area contributed by atoms with Crippen LogP contribution in [0.25, 0.3) is 0 Å². The molecule has 0 radical (unpaired) electrons. The Hall–Kier alpha value is -2.23. The lowest BCUT2D eigenvalue weighted by Gasteiger charge is -2.12. The van der Waals surface area contributed by atoms with Gasteiger partial charge in [0.1, 0.15) is 0 Å². The second kappa shape index (κ2) is 16.7. The molecule has 29 heavy (non-hydrogen) atoms. The van der Waals surface area contributed by atoms with Crippen LogP contribution in [-0.2, 0) is 38.0 Å². The Morgan fingerprint density at radius 2 is 1.17 bits per heavy atom. The Kier molecular flexibility index (Phi) is 16.7. The van der Waals surface area contributed by atoms with E-state index in [0.717, 1.165) is 0 Å². The minimum absolute atomic E-state index is 0. The van der Waals surface area contributed by atoms with Gasteiger partial charge in [0.25, 0.3) is 0 Å². The summed E-state index contributed by atoms with van der Waals surface area (Å²) in [4.78, 5) is 45.5. The third-order valence-electron chi connectivity index (χ3n) is 3.11. The molecule has 0 N–H and O–H groups in total. The molecule has 1 atom stereocenters. The van der Waals surface area contributed by atoms with E-state index >= 15 is 0 Å². The maximum Gasteiger partial charge on any atom is 0.511 e. The van der Waals surface area contributed by atoms with Crippen molar-refractivity contribution in [3.05, 3.63) is 0 Å². The maximum absolute atomic E-state index is 11.8. The van der Waals surface area contributed by atoms with Crippen LogP contribution in [0.1, 0.15) is 60.3 Å². The van der Waals surface area contributed by atoms with Crippen LogP contribution < -0.4 is 0 Å². The van der Waals surface area contributed by atoms with E-state index < -0.39 is 43.8 Å². The third kappa shape index (κ3) is 17.6. The van der Waals surface area contributed by atoms with Crippen LogP contribution >= 0.6 is 12.4 Å². The molecular weight excluding hydrogens is 412 g/mol. The average molecular weight is 443 g/mol. The van der Waals surface area contributed by atoms with Gasteiger partial charge in [-0.2, -0.15) is 0 Å². The Morgan fingerprint density at radius 3 is 1.66 bits per heavy atom. The van der Waals surface area contributed by atoms with Crippen molar-refractivity contribution in [1.82, 2.24) is 0 Å². The third-order valence-corrected chi connectivity index (χ3v) is 3.11. The van der Waals surface area contributed by atoms with E-state index in [9.17, 15) is 19.2 Å². The molecule has 0 spiro atoms. The average Bonchev–Trinajstić information content (AvgIpc) is 2.57. The summed E-state index contributed by atoms with van der Waals surface area (Å²) >= 11 is 0. The zero-order valence-corrected chi connectivity index (χ0v) is 18.3. The van der Waals surface area contributed by atoms with E-state index in [4.69, 9.17) is 18.9 Å². The number of hydrogen-bond donors (Lipinski definition) is 0. The fourth-order valence-corrected chi connectivity index (χ4v) is 1.78. The normalized spacial score (nSPS) is 11.1. The summed E-state index contributed by atoms with van der Waals surface area (Å²) in [7, 11) is 0. The summed E-state index contributed by atoms with van der Waals surface area (Å²) in [5, 5.41) is 0. The first-order valence-electron chi connectivity index (χ1n) is 9.10. The lowest BCUT2D eigenvalue weighted by Crippen LogP contribution is -2.20. The van der Waals surface area contributed by atoms with Gasteiger partial charge < -0.3 is 28.4 Å². The lowest BCUT2D eigenvalue weighted by atomic mass is 10.0. The van der Waals surface area contributed by atoms with Gasteiger partial charge in [-0.05, 0) is 40.5 Å². The standard InChI is InChI=1S/C18H30O10.ClH/c1-12(2)27-17(21)25-10-23-15(19)9-7-6-8-14(5)16(20)24-11-26-18(22)28-13(3)4;/h12-14H,6-11H2,1-5H3;1H. The number of rotatable bonds is 12. The summed E-state index contributed by atoms with van der Waals surface area (Å²) in [6, 6.07) is 0. The van der Waals surface area contributed by atoms with E-state index in [1.165, 1.54) is 0 Å². The number of carbonyl (C=O) groups is 4. The van der Waals surface area contributed by atoms with E-state index in [0.29, 0.717) is 19.3 Å². The summed E-state index contributed by atoms with van der Waals surface area (Å²) in [5.41, 5.74) is 0. The number of halogens is 1. The Labute approximate surface area is 176 Å². The van der Waals surface area contributed by atoms with Crippen molar-refractivity contribution in [2.75, 3.05) is 13.6 Å². The fraction of sp³-hybridized carbons (Fsp3) is 0.778. The topological polar surface area (TPSA) is 124 Å². The second-order valence-corrected chi connectivity index (χ2v) is 6.48. The number of unbranched alkanes of at least 4 members (excludes halogenated alkanes) is 1. The fourth-order valence-electron chi connectivity index (χ4n) is 1.78. The van der Waals surface area contributed by atoms with Crippen molar-refractivity contribution in [2.45, 2.75) is 72.5 Å². The quantitative estimate of drug-likeness (QED) is 0.191. The van der Waals surface area contributed by atoms with E-state index in [1.54, 1.807) is 34.6 Å². The predicted molar refractivity (Wildman–Crippen MR) is 102 cm³/mol. The molecule has 0 aliphatic rings. The molecule has 0 bridgehead atoms. The van der Waals surface area contributed by atoms with Crippen LogP contribution in [0, 0.1) is 5.92 Å². The van der Waals surface area contributed by atoms with Crippen molar-refractivity contribution in [2.24, 2.45) is 5.92 Å². The molecule has 0 saturated heterocycles. The van der Waals surface area contributed by atoms with Crippen molar-refractivity contribution in [3.63, 3.8) is 0 Å². The number of carbonyl (C=O) groups excluding carboxylic acids is 4. The molecule has 10 nitrogen and oxygen atoms in total. The molecule has 0 aromatic heterocycles. The van der Waals surface area contributed by atoms with E-state index in [2.05, 4.69) is 9.47 Å². The van der Waals surface area contributed by atoms with Gasteiger partial charge >= 0.3 is 24.2 Å². The van der Waals surface area contributed by atoms with Gasteiger partial charge in [-0.25, -0.2) is 9.59 Å². The lowest BCUT2D eigenvalue weighted by molar-refractivity contribution is -0.158.